The predicted molar refractivity (Wildman–Crippen MR) is 64.8 cm³/mol. The van der Waals surface area contributed by atoms with Crippen LogP contribution in [0.4, 0.5) is 0 Å². The summed E-state index contributed by atoms with van der Waals surface area (Å²) in [5.41, 5.74) is 0.0155. The van der Waals surface area contributed by atoms with Crippen LogP contribution in [0.15, 0.2) is 11.1 Å². The fraction of sp³-hybridized carbons (Fsp3) is 0.500. The van der Waals surface area contributed by atoms with Gasteiger partial charge in [-0.2, -0.15) is 4.98 Å². The molecular formula is C10H11ClN4O4. The summed E-state index contributed by atoms with van der Waals surface area (Å²) < 4.78 is 6.54. The van der Waals surface area contributed by atoms with Crippen molar-refractivity contribution in [2.45, 2.75) is 24.9 Å². The van der Waals surface area contributed by atoms with Gasteiger partial charge in [0.15, 0.2) is 11.2 Å². The second-order valence-corrected chi connectivity index (χ2v) is 4.61. The Labute approximate surface area is 111 Å². The molecule has 0 saturated carbocycles. The van der Waals surface area contributed by atoms with Crippen LogP contribution >= 0.6 is 11.6 Å². The van der Waals surface area contributed by atoms with Gasteiger partial charge in [0, 0.05) is 6.42 Å². The van der Waals surface area contributed by atoms with E-state index in [4.69, 9.17) is 21.4 Å². The molecule has 8 nitrogen and oxygen atoms in total. The van der Waals surface area contributed by atoms with E-state index in [0.29, 0.717) is 0 Å². The van der Waals surface area contributed by atoms with Crippen molar-refractivity contribution in [2.24, 2.45) is 0 Å². The van der Waals surface area contributed by atoms with Gasteiger partial charge in [-0.05, 0) is 11.6 Å². The SMILES string of the molecule is O=c1c2[nH]cnc2nc(Cl)n1C1C[C@H](O)[C@@H](CO)O1. The van der Waals surface area contributed by atoms with Crippen molar-refractivity contribution in [3.05, 3.63) is 22.0 Å². The minimum absolute atomic E-state index is 0.0691. The van der Waals surface area contributed by atoms with Gasteiger partial charge in [0.1, 0.15) is 12.3 Å². The van der Waals surface area contributed by atoms with E-state index >= 15 is 0 Å². The Bertz CT molecular complexity index is 669. The van der Waals surface area contributed by atoms with Crippen LogP contribution in [-0.4, -0.2) is 48.5 Å². The highest BCUT2D eigenvalue weighted by atomic mass is 35.5. The Hall–Kier alpha value is -1.48. The highest BCUT2D eigenvalue weighted by Crippen LogP contribution is 2.29. The molecule has 0 spiro atoms. The number of hydrogen-bond acceptors (Lipinski definition) is 6. The lowest BCUT2D eigenvalue weighted by Gasteiger charge is -2.15. The minimum Gasteiger partial charge on any atom is -0.394 e. The second-order valence-electron chi connectivity index (χ2n) is 4.27. The fourth-order valence-electron chi connectivity index (χ4n) is 2.16. The predicted octanol–water partition coefficient (Wildman–Crippen LogP) is -0.586. The maximum atomic E-state index is 12.2. The summed E-state index contributed by atoms with van der Waals surface area (Å²) >= 11 is 5.96. The summed E-state index contributed by atoms with van der Waals surface area (Å²) in [5, 5.41) is 18.7. The molecule has 1 fully saturated rings. The van der Waals surface area contributed by atoms with Gasteiger partial charge in [-0.3, -0.25) is 9.36 Å². The lowest BCUT2D eigenvalue weighted by atomic mass is 10.2. The number of rotatable bonds is 2. The van der Waals surface area contributed by atoms with E-state index in [2.05, 4.69) is 15.0 Å². The molecule has 1 aliphatic rings. The van der Waals surface area contributed by atoms with E-state index in [-0.39, 0.29) is 29.5 Å². The van der Waals surface area contributed by atoms with Gasteiger partial charge < -0.3 is 19.9 Å². The van der Waals surface area contributed by atoms with Crippen molar-refractivity contribution >= 4 is 22.8 Å². The summed E-state index contributed by atoms with van der Waals surface area (Å²) in [6.07, 6.45) is -0.833. The van der Waals surface area contributed by atoms with E-state index in [9.17, 15) is 9.90 Å². The molecule has 0 radical (unpaired) electrons. The van der Waals surface area contributed by atoms with Gasteiger partial charge in [-0.1, -0.05) is 0 Å². The number of fused-ring (bicyclic) bond motifs is 1. The van der Waals surface area contributed by atoms with E-state index < -0.39 is 24.0 Å². The molecule has 0 bridgehead atoms. The molecule has 3 atom stereocenters. The molecule has 3 heterocycles. The molecule has 1 saturated heterocycles. The lowest BCUT2D eigenvalue weighted by Crippen LogP contribution is -2.27. The lowest BCUT2D eigenvalue weighted by molar-refractivity contribution is -0.0455. The third kappa shape index (κ3) is 1.93. The van der Waals surface area contributed by atoms with E-state index in [0.717, 1.165) is 4.57 Å². The first-order chi connectivity index (χ1) is 9.11. The number of hydrogen-bond donors (Lipinski definition) is 3. The molecule has 3 rings (SSSR count). The standard InChI is InChI=1S/C10H11ClN4O4/c11-10-14-8-7(12-3-13-8)9(18)15(10)6-1-4(17)5(2-16)19-6/h3-6,16-17H,1-2H2,(H,12,13)/t4-,5+,6?/m0/s1. The number of aromatic amines is 1. The van der Waals surface area contributed by atoms with E-state index in [1.807, 2.05) is 0 Å². The van der Waals surface area contributed by atoms with Gasteiger partial charge >= 0.3 is 0 Å². The number of nitrogens with zero attached hydrogens (tertiary/aromatic N) is 3. The van der Waals surface area contributed by atoms with Gasteiger partial charge in [-0.15, -0.1) is 0 Å². The topological polar surface area (TPSA) is 113 Å². The van der Waals surface area contributed by atoms with Crippen LogP contribution in [0.5, 0.6) is 0 Å². The van der Waals surface area contributed by atoms with Crippen LogP contribution in [0.1, 0.15) is 12.6 Å². The number of aliphatic hydroxyl groups is 2. The number of aliphatic hydroxyl groups excluding tert-OH is 2. The van der Waals surface area contributed by atoms with E-state index in [1.165, 1.54) is 6.33 Å². The van der Waals surface area contributed by atoms with Crippen molar-refractivity contribution in [1.29, 1.82) is 0 Å². The average Bonchev–Trinajstić information content (AvgIpc) is 2.95. The first-order valence-electron chi connectivity index (χ1n) is 5.67. The Morgan fingerprint density at radius 2 is 2.42 bits per heavy atom. The summed E-state index contributed by atoms with van der Waals surface area (Å²) in [4.78, 5) is 22.8. The summed E-state index contributed by atoms with van der Waals surface area (Å²) in [6, 6.07) is 0. The number of ether oxygens (including phenoxy) is 1. The number of aromatic nitrogens is 4. The van der Waals surface area contributed by atoms with Crippen LogP contribution in [0.25, 0.3) is 11.2 Å². The second kappa shape index (κ2) is 4.57. The first-order valence-corrected chi connectivity index (χ1v) is 6.05. The van der Waals surface area contributed by atoms with Gasteiger partial charge in [0.05, 0.1) is 19.0 Å². The smallest absolute Gasteiger partial charge is 0.282 e. The minimum atomic E-state index is -0.851. The van der Waals surface area contributed by atoms with Crippen LogP contribution in [0, 0.1) is 0 Å². The Balaban J connectivity index is 2.08. The third-order valence-corrected chi connectivity index (χ3v) is 3.39. The fourth-order valence-corrected chi connectivity index (χ4v) is 2.43. The molecule has 0 amide bonds. The molecule has 0 aromatic carbocycles. The normalized spacial score (nSPS) is 27.2. The van der Waals surface area contributed by atoms with Gasteiger partial charge in [0.2, 0.25) is 5.28 Å². The van der Waals surface area contributed by atoms with Crippen molar-refractivity contribution in [3.63, 3.8) is 0 Å². The number of halogens is 1. The first kappa shape index (κ1) is 12.5. The third-order valence-electron chi connectivity index (χ3n) is 3.12. The highest BCUT2D eigenvalue weighted by molar-refractivity contribution is 6.28. The number of H-pyrrole nitrogens is 1. The summed E-state index contributed by atoms with van der Waals surface area (Å²) in [6.45, 7) is -0.330. The maximum Gasteiger partial charge on any atom is 0.282 e. The molecule has 3 N–H and O–H groups in total. The molecule has 1 unspecified atom stereocenters. The maximum absolute atomic E-state index is 12.2. The molecule has 1 aliphatic heterocycles. The summed E-state index contributed by atoms with van der Waals surface area (Å²) in [7, 11) is 0. The van der Waals surface area contributed by atoms with Crippen molar-refractivity contribution in [3.8, 4) is 0 Å². The van der Waals surface area contributed by atoms with Crippen molar-refractivity contribution in [1.82, 2.24) is 19.5 Å². The summed E-state index contributed by atoms with van der Waals surface area (Å²) in [5.74, 6) is 0. The monoisotopic (exact) mass is 286 g/mol. The molecule has 9 heteroatoms. The van der Waals surface area contributed by atoms with Crippen LogP contribution in [0.2, 0.25) is 5.28 Å². The Morgan fingerprint density at radius 3 is 3.11 bits per heavy atom. The molecule has 2 aromatic rings. The molecule has 2 aromatic heterocycles. The largest absolute Gasteiger partial charge is 0.394 e. The Kier molecular flexibility index (Phi) is 3.02. The molecule has 19 heavy (non-hydrogen) atoms. The zero-order valence-corrected chi connectivity index (χ0v) is 10.4. The average molecular weight is 287 g/mol. The van der Waals surface area contributed by atoms with Crippen LogP contribution in [-0.2, 0) is 4.74 Å². The molecular weight excluding hydrogens is 276 g/mol. The van der Waals surface area contributed by atoms with Gasteiger partial charge in [0.25, 0.3) is 5.56 Å². The quantitative estimate of drug-likeness (QED) is 0.636. The van der Waals surface area contributed by atoms with Crippen LogP contribution in [0.3, 0.4) is 0 Å². The number of nitrogens with one attached hydrogen (secondary N) is 1. The number of imidazole rings is 1. The van der Waals surface area contributed by atoms with Crippen molar-refractivity contribution < 1.29 is 14.9 Å². The molecule has 102 valence electrons. The van der Waals surface area contributed by atoms with E-state index in [1.54, 1.807) is 0 Å². The van der Waals surface area contributed by atoms with Crippen LogP contribution < -0.4 is 5.56 Å². The molecule has 0 aliphatic carbocycles. The van der Waals surface area contributed by atoms with Gasteiger partial charge in [-0.25, -0.2) is 4.98 Å². The zero-order valence-electron chi connectivity index (χ0n) is 9.65. The highest BCUT2D eigenvalue weighted by Gasteiger charge is 2.36. The van der Waals surface area contributed by atoms with Crippen molar-refractivity contribution in [2.75, 3.05) is 6.61 Å². The Morgan fingerprint density at radius 1 is 1.63 bits per heavy atom. The zero-order chi connectivity index (χ0) is 13.6.